The van der Waals surface area contributed by atoms with Crippen molar-refractivity contribution in [3.05, 3.63) is 24.3 Å². The van der Waals surface area contributed by atoms with E-state index in [1.165, 1.54) is 7.11 Å². The van der Waals surface area contributed by atoms with Gasteiger partial charge in [-0.15, -0.1) is 11.8 Å². The summed E-state index contributed by atoms with van der Waals surface area (Å²) < 4.78 is 4.77. The molecule has 1 unspecified atom stereocenters. The van der Waals surface area contributed by atoms with Gasteiger partial charge in [0.2, 0.25) is 0 Å². The van der Waals surface area contributed by atoms with Crippen LogP contribution in [0.25, 0.3) is 0 Å². The first-order valence-electron chi connectivity index (χ1n) is 4.83. The molecule has 1 amide bonds. The highest BCUT2D eigenvalue weighted by atomic mass is 32.2. The maximum absolute atomic E-state index is 11.6. The van der Waals surface area contributed by atoms with Crippen molar-refractivity contribution < 1.29 is 9.53 Å². The van der Waals surface area contributed by atoms with Crippen LogP contribution in [0.2, 0.25) is 0 Å². The molecule has 1 atom stereocenters. The van der Waals surface area contributed by atoms with E-state index in [1.54, 1.807) is 16.7 Å². The highest BCUT2D eigenvalue weighted by Gasteiger charge is 2.26. The monoisotopic (exact) mass is 223 g/mol. The van der Waals surface area contributed by atoms with E-state index in [2.05, 4.69) is 6.92 Å². The summed E-state index contributed by atoms with van der Waals surface area (Å²) in [4.78, 5) is 14.4. The Labute approximate surface area is 93.4 Å². The minimum Gasteiger partial charge on any atom is -0.452 e. The molecular formula is C11H13NO2S. The van der Waals surface area contributed by atoms with Gasteiger partial charge in [0, 0.05) is 16.7 Å². The molecule has 4 heteroatoms. The lowest BCUT2D eigenvalue weighted by atomic mass is 10.2. The Morgan fingerprint density at radius 1 is 1.53 bits per heavy atom. The molecule has 1 aromatic rings. The summed E-state index contributed by atoms with van der Waals surface area (Å²) in [6.07, 6.45) is -0.283. The molecule has 1 aliphatic heterocycles. The molecule has 1 heterocycles. The SMILES string of the molecule is COC(=O)N1CC(C)Sc2ccccc21. The summed E-state index contributed by atoms with van der Waals surface area (Å²) in [6, 6.07) is 7.90. The van der Waals surface area contributed by atoms with E-state index >= 15 is 0 Å². The highest BCUT2D eigenvalue weighted by Crippen LogP contribution is 2.38. The molecule has 80 valence electrons. The molecule has 0 aromatic heterocycles. The average molecular weight is 223 g/mol. The van der Waals surface area contributed by atoms with Crippen molar-refractivity contribution in [2.75, 3.05) is 18.6 Å². The summed E-state index contributed by atoms with van der Waals surface area (Å²) in [5.74, 6) is 0. The van der Waals surface area contributed by atoms with Gasteiger partial charge in [-0.25, -0.2) is 4.79 Å². The lowest BCUT2D eigenvalue weighted by Crippen LogP contribution is -2.38. The number of hydrogen-bond donors (Lipinski definition) is 0. The molecule has 0 aliphatic carbocycles. The molecule has 0 radical (unpaired) electrons. The number of amides is 1. The summed E-state index contributed by atoms with van der Waals surface area (Å²) in [5.41, 5.74) is 0.951. The largest absolute Gasteiger partial charge is 0.452 e. The van der Waals surface area contributed by atoms with E-state index < -0.39 is 0 Å². The topological polar surface area (TPSA) is 29.5 Å². The maximum atomic E-state index is 11.6. The predicted octanol–water partition coefficient (Wildman–Crippen LogP) is 2.75. The van der Waals surface area contributed by atoms with Crippen molar-refractivity contribution in [2.45, 2.75) is 17.1 Å². The zero-order valence-electron chi connectivity index (χ0n) is 8.77. The second-order valence-electron chi connectivity index (χ2n) is 3.48. The normalized spacial score (nSPS) is 19.6. The Morgan fingerprint density at radius 2 is 2.27 bits per heavy atom. The predicted molar refractivity (Wildman–Crippen MR) is 61.5 cm³/mol. The van der Waals surface area contributed by atoms with Crippen molar-refractivity contribution in [1.29, 1.82) is 0 Å². The van der Waals surface area contributed by atoms with Gasteiger partial charge in [0.25, 0.3) is 0 Å². The third-order valence-corrected chi connectivity index (χ3v) is 3.47. The Hall–Kier alpha value is -1.16. The Kier molecular flexibility index (Phi) is 2.86. The fraction of sp³-hybridized carbons (Fsp3) is 0.364. The number of thioether (sulfide) groups is 1. The lowest BCUT2D eigenvalue weighted by Gasteiger charge is -2.31. The van der Waals surface area contributed by atoms with Crippen LogP contribution in [-0.2, 0) is 4.74 Å². The van der Waals surface area contributed by atoms with Gasteiger partial charge >= 0.3 is 6.09 Å². The van der Waals surface area contributed by atoms with Crippen molar-refractivity contribution in [2.24, 2.45) is 0 Å². The first-order valence-corrected chi connectivity index (χ1v) is 5.71. The molecule has 0 bridgehead atoms. The van der Waals surface area contributed by atoms with Crippen LogP contribution in [-0.4, -0.2) is 25.0 Å². The summed E-state index contributed by atoms with van der Waals surface area (Å²) in [6.45, 7) is 2.81. The zero-order chi connectivity index (χ0) is 10.8. The fourth-order valence-electron chi connectivity index (χ4n) is 1.67. The molecule has 3 nitrogen and oxygen atoms in total. The average Bonchev–Trinajstić information content (AvgIpc) is 2.26. The van der Waals surface area contributed by atoms with Crippen LogP contribution in [0.1, 0.15) is 6.92 Å². The van der Waals surface area contributed by atoms with Gasteiger partial charge in [0.05, 0.1) is 12.8 Å². The summed E-state index contributed by atoms with van der Waals surface area (Å²) in [5, 5.41) is 0.402. The van der Waals surface area contributed by atoms with E-state index in [-0.39, 0.29) is 6.09 Å². The van der Waals surface area contributed by atoms with Crippen molar-refractivity contribution in [3.8, 4) is 0 Å². The number of benzene rings is 1. The second-order valence-corrected chi connectivity index (χ2v) is 4.96. The molecule has 2 rings (SSSR count). The molecule has 0 saturated carbocycles. The molecule has 0 saturated heterocycles. The number of anilines is 1. The number of para-hydroxylation sites is 1. The lowest BCUT2D eigenvalue weighted by molar-refractivity contribution is 0.178. The molecule has 0 spiro atoms. The van der Waals surface area contributed by atoms with Crippen molar-refractivity contribution >= 4 is 23.5 Å². The zero-order valence-corrected chi connectivity index (χ0v) is 9.58. The van der Waals surface area contributed by atoms with Crippen molar-refractivity contribution in [1.82, 2.24) is 0 Å². The number of fused-ring (bicyclic) bond motifs is 1. The molecule has 15 heavy (non-hydrogen) atoms. The first-order chi connectivity index (χ1) is 7.22. The Bertz CT molecular complexity index is 381. The number of methoxy groups -OCH3 is 1. The number of carbonyl (C=O) groups excluding carboxylic acids is 1. The number of hydrogen-bond acceptors (Lipinski definition) is 3. The van der Waals surface area contributed by atoms with E-state index in [1.807, 2.05) is 24.3 Å². The molecule has 1 aliphatic rings. The van der Waals surface area contributed by atoms with Gasteiger partial charge in [-0.3, -0.25) is 4.90 Å². The van der Waals surface area contributed by atoms with Crippen LogP contribution >= 0.6 is 11.8 Å². The number of rotatable bonds is 0. The minimum absolute atomic E-state index is 0.283. The highest BCUT2D eigenvalue weighted by molar-refractivity contribution is 8.00. The summed E-state index contributed by atoms with van der Waals surface area (Å²) in [7, 11) is 1.41. The van der Waals surface area contributed by atoms with E-state index in [4.69, 9.17) is 4.74 Å². The summed E-state index contributed by atoms with van der Waals surface area (Å²) >= 11 is 1.79. The van der Waals surface area contributed by atoms with Gasteiger partial charge in [-0.05, 0) is 12.1 Å². The molecule has 1 aromatic carbocycles. The number of carbonyl (C=O) groups is 1. The third kappa shape index (κ3) is 1.95. The molecule has 0 N–H and O–H groups in total. The quantitative estimate of drug-likeness (QED) is 0.677. The van der Waals surface area contributed by atoms with Gasteiger partial charge in [0.1, 0.15) is 0 Å². The van der Waals surface area contributed by atoms with Crippen LogP contribution < -0.4 is 4.90 Å². The fourth-order valence-corrected chi connectivity index (χ4v) is 2.79. The number of nitrogens with zero attached hydrogens (tertiary/aromatic N) is 1. The minimum atomic E-state index is -0.283. The Morgan fingerprint density at radius 3 is 3.00 bits per heavy atom. The second kappa shape index (κ2) is 4.14. The van der Waals surface area contributed by atoms with Gasteiger partial charge in [-0.2, -0.15) is 0 Å². The van der Waals surface area contributed by atoms with Crippen LogP contribution in [0.15, 0.2) is 29.2 Å². The maximum Gasteiger partial charge on any atom is 0.414 e. The first kappa shape index (κ1) is 10.4. The Balaban J connectivity index is 2.38. The third-order valence-electron chi connectivity index (χ3n) is 2.32. The van der Waals surface area contributed by atoms with Crippen molar-refractivity contribution in [3.63, 3.8) is 0 Å². The standard InChI is InChI=1S/C11H13NO2S/c1-8-7-12(11(13)14-2)9-5-3-4-6-10(9)15-8/h3-6,8H,7H2,1-2H3. The van der Waals surface area contributed by atoms with E-state index in [0.29, 0.717) is 11.8 Å². The van der Waals surface area contributed by atoms with Gasteiger partial charge < -0.3 is 4.74 Å². The smallest absolute Gasteiger partial charge is 0.414 e. The van der Waals surface area contributed by atoms with Gasteiger partial charge in [0.15, 0.2) is 0 Å². The van der Waals surface area contributed by atoms with Crippen LogP contribution in [0.4, 0.5) is 10.5 Å². The molecular weight excluding hydrogens is 210 g/mol. The van der Waals surface area contributed by atoms with Crippen LogP contribution in [0.5, 0.6) is 0 Å². The number of ether oxygens (including phenoxy) is 1. The van der Waals surface area contributed by atoms with Crippen LogP contribution in [0.3, 0.4) is 0 Å². The van der Waals surface area contributed by atoms with Gasteiger partial charge in [-0.1, -0.05) is 19.1 Å². The van der Waals surface area contributed by atoms with E-state index in [0.717, 1.165) is 10.6 Å². The van der Waals surface area contributed by atoms with E-state index in [9.17, 15) is 4.79 Å². The molecule has 0 fully saturated rings. The van der Waals surface area contributed by atoms with Crippen LogP contribution in [0, 0.1) is 0 Å².